The molecule has 0 unspecified atom stereocenters. The predicted molar refractivity (Wildman–Crippen MR) is 74.9 cm³/mol. The van der Waals surface area contributed by atoms with Crippen LogP contribution in [0.5, 0.6) is 11.8 Å². The van der Waals surface area contributed by atoms with Gasteiger partial charge in [-0.2, -0.15) is 0 Å². The quantitative estimate of drug-likeness (QED) is 0.817. The van der Waals surface area contributed by atoms with Gasteiger partial charge in [0, 0.05) is 18.0 Å². The molecule has 100 valence electrons. The zero-order valence-corrected chi connectivity index (χ0v) is 12.5. The second kappa shape index (κ2) is 5.25. The van der Waals surface area contributed by atoms with Crippen molar-refractivity contribution in [2.24, 2.45) is 0 Å². The van der Waals surface area contributed by atoms with Crippen molar-refractivity contribution in [2.75, 3.05) is 0 Å². The molecule has 0 saturated carbocycles. The van der Waals surface area contributed by atoms with Crippen molar-refractivity contribution in [3.63, 3.8) is 0 Å². The fraction of sp³-hybridized carbons (Fsp3) is 0.286. The van der Waals surface area contributed by atoms with Gasteiger partial charge in [-0.15, -0.1) is 0 Å². The molecule has 2 rings (SSSR count). The summed E-state index contributed by atoms with van der Waals surface area (Å²) in [5, 5.41) is 0. The van der Waals surface area contributed by atoms with Gasteiger partial charge in [0.25, 0.3) is 0 Å². The number of hydrogen-bond donors (Lipinski definition) is 0. The number of hydrogen-bond acceptors (Lipinski definition) is 3. The minimum atomic E-state index is -0.445. The summed E-state index contributed by atoms with van der Waals surface area (Å²) in [4.78, 5) is 7.91. The van der Waals surface area contributed by atoms with Gasteiger partial charge in [-0.1, -0.05) is 26.8 Å². The van der Waals surface area contributed by atoms with Crippen molar-refractivity contribution in [1.82, 2.24) is 9.97 Å². The van der Waals surface area contributed by atoms with Crippen molar-refractivity contribution in [3.8, 4) is 11.8 Å². The van der Waals surface area contributed by atoms with Gasteiger partial charge in [0.1, 0.15) is 0 Å². The van der Waals surface area contributed by atoms with Crippen molar-refractivity contribution in [2.45, 2.75) is 26.2 Å². The third-order valence-electron chi connectivity index (χ3n) is 2.59. The van der Waals surface area contributed by atoms with Crippen LogP contribution in [-0.4, -0.2) is 9.97 Å². The van der Waals surface area contributed by atoms with Crippen LogP contribution in [0.3, 0.4) is 0 Å². The normalized spacial score (nSPS) is 11.4. The zero-order chi connectivity index (χ0) is 14.0. The smallest absolute Gasteiger partial charge is 0.321 e. The summed E-state index contributed by atoms with van der Waals surface area (Å²) in [5.41, 5.74) is 0.520. The van der Waals surface area contributed by atoms with Gasteiger partial charge in [0.05, 0.1) is 4.47 Å². The van der Waals surface area contributed by atoms with Crippen LogP contribution in [0.2, 0.25) is 0 Å². The Morgan fingerprint density at radius 3 is 2.37 bits per heavy atom. The molecule has 0 aliphatic heterocycles. The lowest BCUT2D eigenvalue weighted by atomic mass is 9.86. The average molecular weight is 325 g/mol. The fourth-order valence-electron chi connectivity index (χ4n) is 1.65. The van der Waals surface area contributed by atoms with Gasteiger partial charge in [-0.25, -0.2) is 14.4 Å². The first-order valence-electron chi connectivity index (χ1n) is 5.83. The summed E-state index contributed by atoms with van der Waals surface area (Å²) in [6, 6.07) is 5.32. The second-order valence-corrected chi connectivity index (χ2v) is 5.98. The lowest BCUT2D eigenvalue weighted by Gasteiger charge is -2.22. The first kappa shape index (κ1) is 13.9. The van der Waals surface area contributed by atoms with Crippen molar-refractivity contribution in [1.29, 1.82) is 0 Å². The van der Waals surface area contributed by atoms with Gasteiger partial charge in [-0.05, 0) is 33.5 Å². The van der Waals surface area contributed by atoms with E-state index in [1.807, 2.05) is 26.8 Å². The molecule has 19 heavy (non-hydrogen) atoms. The van der Waals surface area contributed by atoms with Crippen LogP contribution in [0, 0.1) is 5.82 Å². The molecule has 5 heteroatoms. The third kappa shape index (κ3) is 3.10. The van der Waals surface area contributed by atoms with Crippen LogP contribution in [0.4, 0.5) is 4.39 Å². The molecule has 0 fully saturated rings. The topological polar surface area (TPSA) is 35.0 Å². The monoisotopic (exact) mass is 324 g/mol. The highest BCUT2D eigenvalue weighted by Gasteiger charge is 2.24. The number of halogens is 2. The van der Waals surface area contributed by atoms with Gasteiger partial charge >= 0.3 is 6.01 Å². The van der Waals surface area contributed by atoms with Crippen LogP contribution in [0.15, 0.2) is 35.1 Å². The van der Waals surface area contributed by atoms with Gasteiger partial charge in [-0.3, -0.25) is 0 Å². The first-order chi connectivity index (χ1) is 8.89. The molecular formula is C14H14BrFN2O. The van der Waals surface area contributed by atoms with E-state index in [9.17, 15) is 4.39 Å². The van der Waals surface area contributed by atoms with Gasteiger partial charge < -0.3 is 4.74 Å². The Bertz CT molecular complexity index is 582. The van der Waals surface area contributed by atoms with Crippen molar-refractivity contribution in [3.05, 3.63) is 46.4 Å². The van der Waals surface area contributed by atoms with E-state index in [4.69, 9.17) is 4.74 Å². The molecular weight excluding hydrogens is 311 g/mol. The molecule has 0 amide bonds. The summed E-state index contributed by atoms with van der Waals surface area (Å²) in [6.45, 7) is 5.98. The van der Waals surface area contributed by atoms with Crippen LogP contribution in [0.1, 0.15) is 26.3 Å². The van der Waals surface area contributed by atoms with E-state index in [1.165, 1.54) is 0 Å². The highest BCUT2D eigenvalue weighted by Crippen LogP contribution is 2.38. The van der Waals surface area contributed by atoms with Crippen molar-refractivity contribution < 1.29 is 9.13 Å². The molecule has 0 bridgehead atoms. The average Bonchev–Trinajstić information content (AvgIpc) is 2.35. The Balaban J connectivity index is 2.51. The Morgan fingerprint density at radius 1 is 1.16 bits per heavy atom. The summed E-state index contributed by atoms with van der Waals surface area (Å²) in [6.07, 6.45) is 3.10. The molecule has 1 heterocycles. The highest BCUT2D eigenvalue weighted by atomic mass is 79.9. The molecule has 0 radical (unpaired) electrons. The maximum Gasteiger partial charge on any atom is 0.321 e. The molecule has 0 spiro atoms. The fourth-order valence-corrected chi connectivity index (χ4v) is 1.96. The Hall–Kier alpha value is -1.49. The molecule has 1 aromatic carbocycles. The second-order valence-electron chi connectivity index (χ2n) is 5.12. The molecule has 0 atom stereocenters. The zero-order valence-electron chi connectivity index (χ0n) is 10.9. The van der Waals surface area contributed by atoms with E-state index in [-0.39, 0.29) is 17.2 Å². The van der Waals surface area contributed by atoms with Crippen molar-refractivity contribution >= 4 is 15.9 Å². The SMILES string of the molecule is CC(C)(C)c1ccc(Br)c(F)c1Oc1ncccn1. The molecule has 0 N–H and O–H groups in total. The molecule has 2 aromatic rings. The van der Waals surface area contributed by atoms with E-state index in [2.05, 4.69) is 25.9 Å². The summed E-state index contributed by atoms with van der Waals surface area (Å²) in [7, 11) is 0. The maximum absolute atomic E-state index is 14.3. The lowest BCUT2D eigenvalue weighted by Crippen LogP contribution is -2.14. The minimum absolute atomic E-state index is 0.130. The predicted octanol–water partition coefficient (Wildman–Crippen LogP) is 4.47. The number of rotatable bonds is 2. The van der Waals surface area contributed by atoms with E-state index in [1.54, 1.807) is 24.5 Å². The largest absolute Gasteiger partial charge is 0.421 e. The van der Waals surface area contributed by atoms with E-state index < -0.39 is 5.82 Å². The summed E-state index contributed by atoms with van der Waals surface area (Å²) in [5.74, 6) is -0.284. The third-order valence-corrected chi connectivity index (χ3v) is 3.21. The number of ether oxygens (including phenoxy) is 1. The Labute approximate surface area is 120 Å². The van der Waals surface area contributed by atoms with Gasteiger partial charge in [0.15, 0.2) is 11.6 Å². The Kier molecular flexibility index (Phi) is 3.85. The highest BCUT2D eigenvalue weighted by molar-refractivity contribution is 9.10. The van der Waals surface area contributed by atoms with E-state index in [0.29, 0.717) is 4.47 Å². The summed E-state index contributed by atoms with van der Waals surface area (Å²) < 4.78 is 20.1. The first-order valence-corrected chi connectivity index (χ1v) is 6.62. The number of nitrogens with zero attached hydrogens (tertiary/aromatic N) is 2. The standard InChI is InChI=1S/C14H14BrFN2O/c1-14(2,3)9-5-6-10(15)11(16)12(9)19-13-17-7-4-8-18-13/h4-8H,1-3H3. The minimum Gasteiger partial charge on any atom is -0.421 e. The molecule has 3 nitrogen and oxygen atoms in total. The van der Waals surface area contributed by atoms with Crippen LogP contribution in [0.25, 0.3) is 0 Å². The molecule has 0 aliphatic rings. The number of aromatic nitrogens is 2. The molecule has 0 saturated heterocycles. The van der Waals surface area contributed by atoms with Crippen LogP contribution in [-0.2, 0) is 5.41 Å². The maximum atomic E-state index is 14.3. The molecule has 1 aromatic heterocycles. The van der Waals surface area contributed by atoms with Crippen LogP contribution >= 0.6 is 15.9 Å². The Morgan fingerprint density at radius 2 is 1.79 bits per heavy atom. The van der Waals surface area contributed by atoms with Crippen LogP contribution < -0.4 is 4.74 Å². The van der Waals surface area contributed by atoms with E-state index in [0.717, 1.165) is 5.56 Å². The molecule has 0 aliphatic carbocycles. The van der Waals surface area contributed by atoms with E-state index >= 15 is 0 Å². The lowest BCUT2D eigenvalue weighted by molar-refractivity contribution is 0.392. The van der Waals surface area contributed by atoms with Gasteiger partial charge in [0.2, 0.25) is 0 Å². The number of benzene rings is 1. The summed E-state index contributed by atoms with van der Waals surface area (Å²) >= 11 is 3.16.